The van der Waals surface area contributed by atoms with Gasteiger partial charge in [-0.2, -0.15) is 13.2 Å². The molecule has 2 atom stereocenters. The number of aldehydes is 1. The molecule has 0 aromatic rings. The number of hydrogen-bond donors (Lipinski definition) is 1. The van der Waals surface area contributed by atoms with Crippen LogP contribution in [0.2, 0.25) is 0 Å². The first-order chi connectivity index (χ1) is 4.93. The summed E-state index contributed by atoms with van der Waals surface area (Å²) < 4.78 is 35.5. The van der Waals surface area contributed by atoms with Crippen molar-refractivity contribution in [3.63, 3.8) is 0 Å². The number of carbonyl (C=O) groups excluding carboxylic acids is 1. The average molecular weight is 170 g/mol. The van der Waals surface area contributed by atoms with Gasteiger partial charge in [-0.05, 0) is 0 Å². The molecule has 0 fully saturated rings. The minimum Gasteiger partial charge on any atom is -0.396 e. The highest BCUT2D eigenvalue weighted by atomic mass is 19.4. The quantitative estimate of drug-likeness (QED) is 0.641. The van der Waals surface area contributed by atoms with Crippen LogP contribution in [0.15, 0.2) is 0 Å². The fourth-order valence-corrected chi connectivity index (χ4v) is 0.663. The third kappa shape index (κ3) is 2.88. The van der Waals surface area contributed by atoms with Crippen molar-refractivity contribution in [2.45, 2.75) is 13.1 Å². The van der Waals surface area contributed by atoms with Crippen LogP contribution in [0.25, 0.3) is 0 Å². The number of halogens is 3. The molecule has 0 aliphatic carbocycles. The zero-order valence-electron chi connectivity index (χ0n) is 5.93. The van der Waals surface area contributed by atoms with E-state index in [1.54, 1.807) is 0 Å². The summed E-state index contributed by atoms with van der Waals surface area (Å²) in [5, 5.41) is 8.28. The lowest BCUT2D eigenvalue weighted by atomic mass is 9.96. The van der Waals surface area contributed by atoms with Crippen molar-refractivity contribution in [1.82, 2.24) is 0 Å². The molecule has 2 nitrogen and oxygen atoms in total. The SMILES string of the molecule is CC(C=O)[C@H](CO)C(F)(F)F. The van der Waals surface area contributed by atoms with E-state index in [1.165, 1.54) is 0 Å². The van der Waals surface area contributed by atoms with Crippen LogP contribution in [0.1, 0.15) is 6.92 Å². The van der Waals surface area contributed by atoms with Crippen molar-refractivity contribution in [2.24, 2.45) is 11.8 Å². The van der Waals surface area contributed by atoms with E-state index >= 15 is 0 Å². The summed E-state index contributed by atoms with van der Waals surface area (Å²) in [5.41, 5.74) is 0. The number of alkyl halides is 3. The first kappa shape index (κ1) is 10.4. The molecule has 0 aromatic carbocycles. The van der Waals surface area contributed by atoms with E-state index in [0.717, 1.165) is 6.92 Å². The van der Waals surface area contributed by atoms with Gasteiger partial charge in [-0.3, -0.25) is 0 Å². The maximum absolute atomic E-state index is 11.8. The van der Waals surface area contributed by atoms with Gasteiger partial charge in [0.2, 0.25) is 0 Å². The van der Waals surface area contributed by atoms with Crippen LogP contribution in [0, 0.1) is 11.8 Å². The molecule has 11 heavy (non-hydrogen) atoms. The van der Waals surface area contributed by atoms with Crippen molar-refractivity contribution in [3.05, 3.63) is 0 Å². The summed E-state index contributed by atoms with van der Waals surface area (Å²) in [4.78, 5) is 9.94. The maximum Gasteiger partial charge on any atom is 0.394 e. The number of carbonyl (C=O) groups is 1. The van der Waals surface area contributed by atoms with E-state index in [9.17, 15) is 18.0 Å². The number of hydrogen-bond acceptors (Lipinski definition) is 2. The Morgan fingerprint density at radius 2 is 2.00 bits per heavy atom. The zero-order valence-corrected chi connectivity index (χ0v) is 5.93. The summed E-state index contributed by atoms with van der Waals surface area (Å²) in [6, 6.07) is 0. The van der Waals surface area contributed by atoms with Crippen LogP contribution in [0.4, 0.5) is 13.2 Å². The third-order valence-corrected chi connectivity index (χ3v) is 1.47. The topological polar surface area (TPSA) is 37.3 Å². The van der Waals surface area contributed by atoms with Gasteiger partial charge in [-0.25, -0.2) is 0 Å². The molecule has 0 bridgehead atoms. The lowest BCUT2D eigenvalue weighted by Gasteiger charge is -2.19. The molecule has 0 aliphatic heterocycles. The molecule has 5 heteroatoms. The maximum atomic E-state index is 11.8. The molecule has 0 spiro atoms. The van der Waals surface area contributed by atoms with Gasteiger partial charge in [-0.1, -0.05) is 6.92 Å². The Bertz CT molecular complexity index is 132. The van der Waals surface area contributed by atoms with E-state index in [0.29, 0.717) is 0 Å². The number of aliphatic hydroxyl groups is 1. The smallest absolute Gasteiger partial charge is 0.394 e. The monoisotopic (exact) mass is 170 g/mol. The number of rotatable bonds is 3. The molecule has 0 aliphatic rings. The largest absolute Gasteiger partial charge is 0.396 e. The van der Waals surface area contributed by atoms with Crippen molar-refractivity contribution < 1.29 is 23.1 Å². The fraction of sp³-hybridized carbons (Fsp3) is 0.833. The summed E-state index contributed by atoms with van der Waals surface area (Å²) in [6.07, 6.45) is -4.30. The molecule has 0 saturated heterocycles. The van der Waals surface area contributed by atoms with E-state index in [1.807, 2.05) is 0 Å². The molecule has 1 N–H and O–H groups in total. The molecular weight excluding hydrogens is 161 g/mol. The van der Waals surface area contributed by atoms with Gasteiger partial charge in [0.1, 0.15) is 6.29 Å². The minimum atomic E-state index is -4.49. The second kappa shape index (κ2) is 3.71. The highest BCUT2D eigenvalue weighted by Gasteiger charge is 2.42. The van der Waals surface area contributed by atoms with Crippen molar-refractivity contribution in [2.75, 3.05) is 6.61 Å². The highest BCUT2D eigenvalue weighted by Crippen LogP contribution is 2.30. The predicted molar refractivity (Wildman–Crippen MR) is 31.9 cm³/mol. The van der Waals surface area contributed by atoms with Crippen LogP contribution in [-0.2, 0) is 4.79 Å². The van der Waals surface area contributed by atoms with Gasteiger partial charge in [0.05, 0.1) is 12.5 Å². The summed E-state index contributed by atoms with van der Waals surface area (Å²) in [7, 11) is 0. The number of aliphatic hydroxyl groups excluding tert-OH is 1. The first-order valence-corrected chi connectivity index (χ1v) is 3.06. The van der Waals surface area contributed by atoms with Gasteiger partial charge in [0.25, 0.3) is 0 Å². The van der Waals surface area contributed by atoms with Crippen LogP contribution < -0.4 is 0 Å². The predicted octanol–water partition coefficient (Wildman–Crippen LogP) is 0.992. The highest BCUT2D eigenvalue weighted by molar-refractivity contribution is 5.53. The lowest BCUT2D eigenvalue weighted by molar-refractivity contribution is -0.195. The van der Waals surface area contributed by atoms with Crippen molar-refractivity contribution in [1.29, 1.82) is 0 Å². The van der Waals surface area contributed by atoms with Gasteiger partial charge < -0.3 is 9.90 Å². The van der Waals surface area contributed by atoms with Crippen molar-refractivity contribution in [3.8, 4) is 0 Å². The van der Waals surface area contributed by atoms with Crippen LogP contribution >= 0.6 is 0 Å². The Morgan fingerprint density at radius 1 is 1.55 bits per heavy atom. The van der Waals surface area contributed by atoms with Crippen LogP contribution in [-0.4, -0.2) is 24.2 Å². The Morgan fingerprint density at radius 3 is 2.09 bits per heavy atom. The normalized spacial score (nSPS) is 17.5. The molecule has 0 amide bonds. The standard InChI is InChI=1S/C6H9F3O2/c1-4(2-10)5(3-11)6(7,8)9/h2,4-5,11H,3H2,1H3/t4?,5-/m0/s1. The Labute approximate surface area is 62.0 Å². The van der Waals surface area contributed by atoms with E-state index in [4.69, 9.17) is 5.11 Å². The molecule has 0 radical (unpaired) electrons. The molecule has 66 valence electrons. The fourth-order valence-electron chi connectivity index (χ4n) is 0.663. The first-order valence-electron chi connectivity index (χ1n) is 3.06. The second-order valence-corrected chi connectivity index (χ2v) is 2.33. The molecular formula is C6H9F3O2. The Kier molecular flexibility index (Phi) is 3.51. The van der Waals surface area contributed by atoms with E-state index in [-0.39, 0.29) is 6.29 Å². The summed E-state index contributed by atoms with van der Waals surface area (Å²) in [6.45, 7) is 0.0881. The molecule has 0 rings (SSSR count). The van der Waals surface area contributed by atoms with Gasteiger partial charge in [0.15, 0.2) is 0 Å². The lowest BCUT2D eigenvalue weighted by Crippen LogP contribution is -2.32. The average Bonchev–Trinajstić information content (AvgIpc) is 1.86. The zero-order chi connectivity index (χ0) is 9.07. The van der Waals surface area contributed by atoms with Crippen LogP contribution in [0.3, 0.4) is 0 Å². The van der Waals surface area contributed by atoms with Gasteiger partial charge in [-0.15, -0.1) is 0 Å². The van der Waals surface area contributed by atoms with Gasteiger partial charge >= 0.3 is 6.18 Å². The third-order valence-electron chi connectivity index (χ3n) is 1.47. The summed E-state index contributed by atoms with van der Waals surface area (Å²) in [5.74, 6) is -3.11. The molecule has 0 aromatic heterocycles. The van der Waals surface area contributed by atoms with Crippen LogP contribution in [0.5, 0.6) is 0 Å². The van der Waals surface area contributed by atoms with E-state index < -0.39 is 24.6 Å². The minimum absolute atomic E-state index is 0.189. The van der Waals surface area contributed by atoms with E-state index in [2.05, 4.69) is 0 Å². The molecule has 0 saturated carbocycles. The molecule has 1 unspecified atom stereocenters. The Balaban J connectivity index is 4.27. The molecule has 0 heterocycles. The summed E-state index contributed by atoms with van der Waals surface area (Å²) >= 11 is 0. The van der Waals surface area contributed by atoms with Gasteiger partial charge in [0, 0.05) is 5.92 Å². The van der Waals surface area contributed by atoms with Crippen molar-refractivity contribution >= 4 is 6.29 Å². The second-order valence-electron chi connectivity index (χ2n) is 2.33. The Hall–Kier alpha value is -0.580.